The molecule has 7 aromatic carbocycles. The molecule has 8 aromatic rings. The predicted octanol–water partition coefficient (Wildman–Crippen LogP) is 8.16. The van der Waals surface area contributed by atoms with Crippen molar-refractivity contribution < 1.29 is 9.13 Å². The number of aryl methyl sites for hydroxylation is 2. The van der Waals surface area contributed by atoms with Crippen molar-refractivity contribution in [2.45, 2.75) is 12.8 Å². The van der Waals surface area contributed by atoms with Crippen LogP contribution >= 0.6 is 14.3 Å². The maximum atomic E-state index is 15.7. The summed E-state index contributed by atoms with van der Waals surface area (Å²) in [6, 6.07) is 58.7. The molecule has 0 saturated carbocycles. The third kappa shape index (κ3) is 4.65. The first-order valence-electron chi connectivity index (χ1n) is 16.7. The van der Waals surface area contributed by atoms with E-state index in [4.69, 9.17) is 0 Å². The second kappa shape index (κ2) is 11.7. The molecule has 0 aliphatic heterocycles. The summed E-state index contributed by atoms with van der Waals surface area (Å²) in [6.07, 6.45) is 1.61. The minimum Gasteiger partial charge on any atom is -0.309 e. The highest BCUT2D eigenvalue weighted by Gasteiger charge is 2.35. The van der Waals surface area contributed by atoms with Crippen LogP contribution in [-0.2, 0) is 22.0 Å². The number of benzene rings is 7. The number of para-hydroxylation sites is 1. The first kappa shape index (κ1) is 29.9. The van der Waals surface area contributed by atoms with Gasteiger partial charge in [0.15, 0.2) is 14.3 Å². The number of aromatic nitrogens is 1. The van der Waals surface area contributed by atoms with E-state index in [9.17, 15) is 0 Å². The molecule has 0 saturated heterocycles. The Morgan fingerprint density at radius 2 is 0.673 bits per heavy atom. The molecule has 0 spiro atoms. The van der Waals surface area contributed by atoms with Gasteiger partial charge in [0.25, 0.3) is 0 Å². The molecule has 0 unspecified atom stereocenters. The molecule has 0 amide bonds. The zero-order valence-electron chi connectivity index (χ0n) is 26.8. The Hall–Kier alpha value is -5.20. The summed E-state index contributed by atoms with van der Waals surface area (Å²) in [7, 11) is -6.46. The molecule has 49 heavy (non-hydrogen) atoms. The summed E-state index contributed by atoms with van der Waals surface area (Å²) in [5, 5.41) is 7.32. The second-order valence-electron chi connectivity index (χ2n) is 12.7. The smallest absolute Gasteiger partial charge is 0.171 e. The van der Waals surface area contributed by atoms with Gasteiger partial charge in [0, 0.05) is 48.3 Å². The van der Waals surface area contributed by atoms with Gasteiger partial charge in [0.1, 0.15) is 0 Å². The first-order valence-corrected chi connectivity index (χ1v) is 20.1. The van der Waals surface area contributed by atoms with Crippen molar-refractivity contribution in [1.82, 2.24) is 4.57 Å². The summed E-state index contributed by atoms with van der Waals surface area (Å²) in [4.78, 5) is 0. The van der Waals surface area contributed by atoms with Gasteiger partial charge in [-0.3, -0.25) is 0 Å². The van der Waals surface area contributed by atoms with E-state index >= 15 is 9.13 Å². The molecule has 0 radical (unpaired) electrons. The lowest BCUT2D eigenvalue weighted by Gasteiger charge is -2.23. The standard InChI is InChI=1S/C44H33NO2P2/c46-48(35-18-8-2-9-19-35,36-20-10-3-11-21-36)39-28-32-26-27-33-29-40(49(47,37-22-12-4-13-23-37)38-24-14-5-15-25-38)31-42-44(33)43(32)41(30-39)45(42)34-16-6-1-7-17-34/h1-25,28-31H,26-27H2. The monoisotopic (exact) mass is 669 g/mol. The van der Waals surface area contributed by atoms with Gasteiger partial charge in [-0.25, -0.2) is 0 Å². The lowest BCUT2D eigenvalue weighted by molar-refractivity contribution is 0.591. The van der Waals surface area contributed by atoms with Crippen molar-refractivity contribution >= 4 is 67.9 Å². The number of rotatable bonds is 7. The van der Waals surface area contributed by atoms with E-state index in [1.807, 2.05) is 127 Å². The minimum absolute atomic E-state index is 0.805. The van der Waals surface area contributed by atoms with Crippen molar-refractivity contribution in [2.24, 2.45) is 0 Å². The lowest BCUT2D eigenvalue weighted by Crippen LogP contribution is -2.26. The van der Waals surface area contributed by atoms with Crippen molar-refractivity contribution in [3.63, 3.8) is 0 Å². The summed E-state index contributed by atoms with van der Waals surface area (Å²) in [6.45, 7) is 0. The molecule has 236 valence electrons. The van der Waals surface area contributed by atoms with Crippen LogP contribution < -0.4 is 31.8 Å². The third-order valence-corrected chi connectivity index (χ3v) is 16.1. The molecule has 0 fully saturated rings. The molecule has 1 heterocycles. The van der Waals surface area contributed by atoms with Gasteiger partial charge in [0.2, 0.25) is 0 Å². The number of nitrogens with zero attached hydrogens (tertiary/aromatic N) is 1. The molecule has 9 rings (SSSR count). The molecule has 3 nitrogen and oxygen atoms in total. The molecule has 0 bridgehead atoms. The largest absolute Gasteiger partial charge is 0.309 e. The normalized spacial score (nSPS) is 12.9. The van der Waals surface area contributed by atoms with Crippen LogP contribution in [0.1, 0.15) is 11.1 Å². The Morgan fingerprint density at radius 3 is 1.00 bits per heavy atom. The molecule has 0 atom stereocenters. The van der Waals surface area contributed by atoms with Crippen LogP contribution in [0.4, 0.5) is 0 Å². The first-order chi connectivity index (χ1) is 24.1. The topological polar surface area (TPSA) is 39.1 Å². The molecule has 1 aliphatic rings. The van der Waals surface area contributed by atoms with E-state index in [0.717, 1.165) is 61.4 Å². The molecule has 1 aliphatic carbocycles. The van der Waals surface area contributed by atoms with Crippen molar-refractivity contribution in [1.29, 1.82) is 0 Å². The maximum absolute atomic E-state index is 15.7. The SMILES string of the molecule is O=P(c1ccccc1)(c1ccccc1)c1cc2c3c4c(cc(P(=O)(c5ccccc5)c5ccccc5)cc4n(-c4ccccc4)c3c1)CC2. The van der Waals surface area contributed by atoms with Gasteiger partial charge in [0.05, 0.1) is 11.0 Å². The van der Waals surface area contributed by atoms with E-state index in [1.165, 1.54) is 21.9 Å². The van der Waals surface area contributed by atoms with Crippen molar-refractivity contribution in [3.8, 4) is 5.69 Å². The van der Waals surface area contributed by atoms with Crippen LogP contribution in [0.15, 0.2) is 176 Å². The molecular weight excluding hydrogens is 636 g/mol. The Balaban J connectivity index is 1.39. The average molecular weight is 670 g/mol. The number of hydrogen-bond donors (Lipinski definition) is 0. The van der Waals surface area contributed by atoms with Gasteiger partial charge in [-0.15, -0.1) is 0 Å². The van der Waals surface area contributed by atoms with E-state index in [-0.39, 0.29) is 0 Å². The van der Waals surface area contributed by atoms with Gasteiger partial charge in [-0.2, -0.15) is 0 Å². The second-order valence-corrected chi connectivity index (χ2v) is 18.3. The summed E-state index contributed by atoms with van der Waals surface area (Å²) >= 11 is 0. The van der Waals surface area contributed by atoms with Crippen LogP contribution in [0.5, 0.6) is 0 Å². The van der Waals surface area contributed by atoms with Crippen LogP contribution in [0.25, 0.3) is 27.5 Å². The van der Waals surface area contributed by atoms with Gasteiger partial charge < -0.3 is 13.7 Å². The molecular formula is C44H33NO2P2. The van der Waals surface area contributed by atoms with E-state index in [2.05, 4.69) is 53.1 Å². The fourth-order valence-corrected chi connectivity index (χ4v) is 13.2. The quantitative estimate of drug-likeness (QED) is 0.161. The Morgan fingerprint density at radius 1 is 0.367 bits per heavy atom. The van der Waals surface area contributed by atoms with Crippen LogP contribution in [0.3, 0.4) is 0 Å². The minimum atomic E-state index is -3.23. The summed E-state index contributed by atoms with van der Waals surface area (Å²) < 4.78 is 33.6. The van der Waals surface area contributed by atoms with E-state index in [0.29, 0.717) is 0 Å². The van der Waals surface area contributed by atoms with Crippen LogP contribution in [0.2, 0.25) is 0 Å². The fraction of sp³-hybridized carbons (Fsp3) is 0.0455. The number of hydrogen-bond acceptors (Lipinski definition) is 2. The van der Waals surface area contributed by atoms with Gasteiger partial charge in [-0.05, 0) is 60.4 Å². The zero-order valence-corrected chi connectivity index (χ0v) is 28.6. The molecule has 0 N–H and O–H groups in total. The van der Waals surface area contributed by atoms with Gasteiger partial charge in [-0.1, -0.05) is 140 Å². The lowest BCUT2D eigenvalue weighted by atomic mass is 9.91. The molecule has 5 heteroatoms. The Kier molecular flexibility index (Phi) is 7.17. The maximum Gasteiger partial charge on any atom is 0.171 e. The summed E-state index contributed by atoms with van der Waals surface area (Å²) in [5.41, 5.74) is 5.46. The Labute approximate surface area is 286 Å². The average Bonchev–Trinajstić information content (AvgIpc) is 3.52. The Bertz CT molecular complexity index is 2330. The summed E-state index contributed by atoms with van der Waals surface area (Å²) in [5.74, 6) is 0. The third-order valence-electron chi connectivity index (χ3n) is 9.98. The predicted molar refractivity (Wildman–Crippen MR) is 207 cm³/mol. The van der Waals surface area contributed by atoms with E-state index in [1.54, 1.807) is 0 Å². The van der Waals surface area contributed by atoms with Crippen LogP contribution in [0, 0.1) is 0 Å². The van der Waals surface area contributed by atoms with Gasteiger partial charge >= 0.3 is 0 Å². The van der Waals surface area contributed by atoms with E-state index < -0.39 is 14.3 Å². The highest BCUT2D eigenvalue weighted by molar-refractivity contribution is 7.85. The van der Waals surface area contributed by atoms with Crippen molar-refractivity contribution in [3.05, 3.63) is 187 Å². The highest BCUT2D eigenvalue weighted by atomic mass is 31.2. The fourth-order valence-electron chi connectivity index (χ4n) is 7.73. The van der Waals surface area contributed by atoms with Crippen LogP contribution in [-0.4, -0.2) is 4.57 Å². The zero-order chi connectivity index (χ0) is 33.0. The van der Waals surface area contributed by atoms with Crippen molar-refractivity contribution in [2.75, 3.05) is 0 Å². The molecule has 1 aromatic heterocycles. The highest BCUT2D eigenvalue weighted by Crippen LogP contribution is 2.48.